The number of hydrogen-bond acceptors (Lipinski definition) is 8. The Kier molecular flexibility index (Phi) is 5.72. The van der Waals surface area contributed by atoms with E-state index >= 15 is 0 Å². The third-order valence-electron chi connectivity index (χ3n) is 4.06. The number of amides is 1. The molecule has 0 aliphatic heterocycles. The number of carbonyl (C=O) groups is 1. The average Bonchev–Trinajstić information content (AvgIpc) is 3.16. The quantitative estimate of drug-likeness (QED) is 0.423. The third kappa shape index (κ3) is 4.47. The number of carbonyl (C=O) groups excluding carboxylic acids is 1. The van der Waals surface area contributed by atoms with Crippen molar-refractivity contribution in [3.8, 4) is 0 Å². The highest BCUT2D eigenvalue weighted by molar-refractivity contribution is 8.00. The average molecular weight is 443 g/mol. The normalized spacial score (nSPS) is 11.0. The van der Waals surface area contributed by atoms with Crippen LogP contribution in [0.2, 0.25) is 0 Å². The van der Waals surface area contributed by atoms with Gasteiger partial charge >= 0.3 is 0 Å². The van der Waals surface area contributed by atoms with Crippen LogP contribution in [0.15, 0.2) is 57.7 Å². The van der Waals surface area contributed by atoms with Crippen LogP contribution >= 0.6 is 23.1 Å². The molecule has 0 atom stereocenters. The number of primary amides is 1. The Hall–Kier alpha value is -3.31. The number of rotatable bonds is 7. The van der Waals surface area contributed by atoms with Gasteiger partial charge in [-0.1, -0.05) is 41.3 Å². The van der Waals surface area contributed by atoms with Gasteiger partial charge in [0, 0.05) is 5.69 Å². The van der Waals surface area contributed by atoms with Gasteiger partial charge in [-0.15, -0.1) is 10.2 Å². The molecule has 152 valence electrons. The van der Waals surface area contributed by atoms with Crippen molar-refractivity contribution >= 4 is 50.7 Å². The number of halogens is 1. The van der Waals surface area contributed by atoms with Crippen molar-refractivity contribution in [1.29, 1.82) is 0 Å². The maximum Gasteiger partial charge on any atom is 0.261 e. The lowest BCUT2D eigenvalue weighted by Crippen LogP contribution is -2.31. The van der Waals surface area contributed by atoms with Crippen LogP contribution in [0.1, 0.15) is 5.82 Å². The number of nitrogens with zero attached hydrogens (tertiary/aromatic N) is 4. The van der Waals surface area contributed by atoms with Crippen molar-refractivity contribution in [2.45, 2.75) is 16.6 Å². The number of fused-ring (bicyclic) bond motifs is 1. The fourth-order valence-corrected chi connectivity index (χ4v) is 4.50. The summed E-state index contributed by atoms with van der Waals surface area (Å²) in [6.07, 6.45) is 0. The summed E-state index contributed by atoms with van der Waals surface area (Å²) in [5.74, 6) is -0.272. The van der Waals surface area contributed by atoms with Crippen LogP contribution in [0.5, 0.6) is 0 Å². The Morgan fingerprint density at radius 2 is 2.03 bits per heavy atom. The summed E-state index contributed by atoms with van der Waals surface area (Å²) in [6, 6.07) is 13.0. The zero-order chi connectivity index (χ0) is 21.1. The van der Waals surface area contributed by atoms with E-state index in [-0.39, 0.29) is 17.9 Å². The number of hydrogen-bond donors (Lipinski definition) is 2. The summed E-state index contributed by atoms with van der Waals surface area (Å²) in [5, 5.41) is 12.1. The minimum Gasteiger partial charge on any atom is -0.368 e. The van der Waals surface area contributed by atoms with Gasteiger partial charge in [0.15, 0.2) is 4.34 Å². The van der Waals surface area contributed by atoms with E-state index in [0.717, 1.165) is 0 Å². The number of benzene rings is 2. The summed E-state index contributed by atoms with van der Waals surface area (Å²) in [5.41, 5.74) is 6.10. The van der Waals surface area contributed by atoms with Gasteiger partial charge < -0.3 is 11.1 Å². The zero-order valence-electron chi connectivity index (χ0n) is 15.4. The Morgan fingerprint density at radius 1 is 1.20 bits per heavy atom. The third-order valence-corrected chi connectivity index (χ3v) is 6.03. The van der Waals surface area contributed by atoms with Gasteiger partial charge in [0.25, 0.3) is 5.56 Å². The van der Waals surface area contributed by atoms with E-state index in [4.69, 9.17) is 5.73 Å². The molecule has 0 saturated carbocycles. The van der Waals surface area contributed by atoms with E-state index in [1.165, 1.54) is 39.8 Å². The van der Waals surface area contributed by atoms with Crippen LogP contribution in [0.4, 0.5) is 15.2 Å². The predicted octanol–water partition coefficient (Wildman–Crippen LogP) is 2.91. The first kappa shape index (κ1) is 20.0. The molecule has 4 aromatic rings. The second kappa shape index (κ2) is 8.59. The molecule has 3 N–H and O–H groups in total. The monoisotopic (exact) mass is 442 g/mol. The van der Waals surface area contributed by atoms with Gasteiger partial charge in [-0.05, 0) is 30.3 Å². The first-order valence-electron chi connectivity index (χ1n) is 8.75. The Labute approximate surface area is 178 Å². The molecule has 0 aliphatic rings. The van der Waals surface area contributed by atoms with E-state index in [2.05, 4.69) is 20.5 Å². The molecule has 0 spiro atoms. The smallest absolute Gasteiger partial charge is 0.261 e. The molecule has 11 heteroatoms. The molecule has 4 rings (SSSR count). The Morgan fingerprint density at radius 3 is 2.83 bits per heavy atom. The number of nitrogens with one attached hydrogen (secondary N) is 1. The zero-order valence-corrected chi connectivity index (χ0v) is 17.0. The van der Waals surface area contributed by atoms with Gasteiger partial charge in [-0.3, -0.25) is 14.2 Å². The van der Waals surface area contributed by atoms with Crippen LogP contribution in [0, 0.1) is 5.82 Å². The van der Waals surface area contributed by atoms with Crippen LogP contribution in [-0.2, 0) is 17.1 Å². The lowest BCUT2D eigenvalue weighted by molar-refractivity contribution is -0.118. The Bertz CT molecular complexity index is 1290. The first-order valence-corrected chi connectivity index (χ1v) is 10.6. The molecule has 0 bridgehead atoms. The highest BCUT2D eigenvalue weighted by Gasteiger charge is 2.14. The van der Waals surface area contributed by atoms with E-state index in [1.54, 1.807) is 36.4 Å². The van der Waals surface area contributed by atoms with Gasteiger partial charge in [0.1, 0.15) is 18.2 Å². The minimum atomic E-state index is -0.627. The van der Waals surface area contributed by atoms with Crippen LogP contribution in [-0.4, -0.2) is 25.7 Å². The molecule has 2 heterocycles. The largest absolute Gasteiger partial charge is 0.368 e. The predicted molar refractivity (Wildman–Crippen MR) is 114 cm³/mol. The molecular formula is C19H15FN6O2S2. The maximum absolute atomic E-state index is 13.3. The molecule has 0 radical (unpaired) electrons. The molecule has 1 amide bonds. The van der Waals surface area contributed by atoms with Crippen molar-refractivity contribution < 1.29 is 9.18 Å². The SMILES string of the molecule is NC(=O)Cn1c(CSc2nnc(Nc3cccc(F)c3)s2)nc2ccccc2c1=O. The van der Waals surface area contributed by atoms with Crippen molar-refractivity contribution in [3.05, 3.63) is 70.5 Å². The fraction of sp³-hybridized carbons (Fsp3) is 0.105. The van der Waals surface area contributed by atoms with E-state index < -0.39 is 5.91 Å². The van der Waals surface area contributed by atoms with E-state index in [1.807, 2.05) is 0 Å². The van der Waals surface area contributed by atoms with Crippen LogP contribution in [0.25, 0.3) is 10.9 Å². The van der Waals surface area contributed by atoms with Crippen molar-refractivity contribution in [1.82, 2.24) is 19.7 Å². The molecule has 30 heavy (non-hydrogen) atoms. The minimum absolute atomic E-state index is 0.255. The van der Waals surface area contributed by atoms with Gasteiger partial charge in [0.2, 0.25) is 11.0 Å². The maximum atomic E-state index is 13.3. The summed E-state index contributed by atoms with van der Waals surface area (Å²) in [7, 11) is 0. The molecule has 2 aromatic heterocycles. The number of anilines is 2. The molecule has 8 nitrogen and oxygen atoms in total. The number of nitrogens with two attached hydrogens (primary N) is 1. The first-order chi connectivity index (χ1) is 14.5. The van der Waals surface area contributed by atoms with E-state index in [0.29, 0.717) is 37.6 Å². The number of aromatic nitrogens is 4. The molecule has 2 aromatic carbocycles. The second-order valence-electron chi connectivity index (χ2n) is 6.20. The number of thioether (sulfide) groups is 1. The Balaban J connectivity index is 1.55. The summed E-state index contributed by atoms with van der Waals surface area (Å²) < 4.78 is 15.2. The van der Waals surface area contributed by atoms with Crippen LogP contribution in [0.3, 0.4) is 0 Å². The van der Waals surface area contributed by atoms with Crippen LogP contribution < -0.4 is 16.6 Å². The standard InChI is InChI=1S/C19H15FN6O2S2/c20-11-4-3-5-12(8-11)22-18-24-25-19(30-18)29-10-16-23-14-7-2-1-6-13(14)17(28)26(16)9-15(21)27/h1-8H,9-10H2,(H2,21,27)(H,22,24). The molecular weight excluding hydrogens is 427 g/mol. The number of para-hydroxylation sites is 1. The second-order valence-corrected chi connectivity index (χ2v) is 8.40. The summed E-state index contributed by atoms with van der Waals surface area (Å²) in [6.45, 7) is -0.255. The van der Waals surface area contributed by atoms with Gasteiger partial charge in [-0.25, -0.2) is 9.37 Å². The summed E-state index contributed by atoms with van der Waals surface area (Å²) in [4.78, 5) is 28.7. The van der Waals surface area contributed by atoms with Gasteiger partial charge in [0.05, 0.1) is 16.7 Å². The summed E-state index contributed by atoms with van der Waals surface area (Å²) >= 11 is 2.60. The van der Waals surface area contributed by atoms with E-state index in [9.17, 15) is 14.0 Å². The van der Waals surface area contributed by atoms with Crippen molar-refractivity contribution in [3.63, 3.8) is 0 Å². The molecule has 0 unspecified atom stereocenters. The van der Waals surface area contributed by atoms with Gasteiger partial charge in [-0.2, -0.15) is 0 Å². The highest BCUT2D eigenvalue weighted by atomic mass is 32.2. The van der Waals surface area contributed by atoms with Crippen molar-refractivity contribution in [2.24, 2.45) is 5.73 Å². The lowest BCUT2D eigenvalue weighted by atomic mass is 10.2. The van der Waals surface area contributed by atoms with Crippen molar-refractivity contribution in [2.75, 3.05) is 5.32 Å². The fourth-order valence-electron chi connectivity index (χ4n) is 2.78. The highest BCUT2D eigenvalue weighted by Crippen LogP contribution is 2.29. The molecule has 0 saturated heterocycles. The molecule has 0 aliphatic carbocycles. The topological polar surface area (TPSA) is 116 Å². The lowest BCUT2D eigenvalue weighted by Gasteiger charge is -2.11. The molecule has 0 fully saturated rings.